The van der Waals surface area contributed by atoms with Crippen molar-refractivity contribution in [1.82, 2.24) is 4.31 Å². The predicted octanol–water partition coefficient (Wildman–Crippen LogP) is 1.79. The maximum Gasteiger partial charge on any atom is 0.243 e. The Morgan fingerprint density at radius 2 is 2.10 bits per heavy atom. The van der Waals surface area contributed by atoms with Crippen molar-refractivity contribution in [3.05, 3.63) is 23.8 Å². The molecular weight excluding hydrogens is 290 g/mol. The molecule has 21 heavy (non-hydrogen) atoms. The highest BCUT2D eigenvalue weighted by atomic mass is 32.2. The molecule has 0 aliphatic carbocycles. The minimum absolute atomic E-state index is 0.0981. The Morgan fingerprint density at radius 3 is 2.62 bits per heavy atom. The van der Waals surface area contributed by atoms with Crippen LogP contribution in [0.5, 0.6) is 5.75 Å². The molecule has 1 aromatic rings. The van der Waals surface area contributed by atoms with Crippen molar-refractivity contribution >= 4 is 10.0 Å². The molecule has 118 valence electrons. The van der Waals surface area contributed by atoms with E-state index in [1.807, 2.05) is 13.8 Å². The minimum atomic E-state index is -3.56. The molecule has 1 fully saturated rings. The van der Waals surface area contributed by atoms with Gasteiger partial charge in [-0.1, -0.05) is 0 Å². The molecule has 1 aliphatic rings. The monoisotopic (exact) mass is 313 g/mol. The second-order valence-electron chi connectivity index (χ2n) is 5.94. The van der Waals surface area contributed by atoms with Gasteiger partial charge in [0.15, 0.2) is 0 Å². The van der Waals surface area contributed by atoms with Gasteiger partial charge in [-0.15, -0.1) is 0 Å². The Bertz CT molecular complexity index is 610. The third-order valence-electron chi connectivity index (χ3n) is 4.04. The number of aliphatic hydroxyl groups is 1. The minimum Gasteiger partial charge on any atom is -0.497 e. The summed E-state index contributed by atoms with van der Waals surface area (Å²) in [6.07, 6.45) is 2.02. The van der Waals surface area contributed by atoms with E-state index in [1.54, 1.807) is 22.5 Å². The molecule has 0 atom stereocenters. The fourth-order valence-electron chi connectivity index (χ4n) is 2.90. The van der Waals surface area contributed by atoms with E-state index in [0.717, 1.165) is 12.8 Å². The normalized spacial score (nSPS) is 18.9. The first-order valence-corrected chi connectivity index (χ1v) is 8.57. The van der Waals surface area contributed by atoms with E-state index in [2.05, 4.69) is 0 Å². The summed E-state index contributed by atoms with van der Waals surface area (Å²) in [5.41, 5.74) is 0.231. The number of aliphatic hydroxyl groups excluding tert-OH is 1. The van der Waals surface area contributed by atoms with Gasteiger partial charge in [0.2, 0.25) is 10.0 Å². The molecule has 1 aliphatic heterocycles. The van der Waals surface area contributed by atoms with Crippen molar-refractivity contribution in [2.24, 2.45) is 0 Å². The maximum atomic E-state index is 12.9. The molecular formula is C15H23NO4S. The summed E-state index contributed by atoms with van der Waals surface area (Å²) in [5, 5.41) is 9.19. The maximum absolute atomic E-state index is 12.9. The van der Waals surface area contributed by atoms with Gasteiger partial charge in [0, 0.05) is 18.7 Å². The zero-order chi connectivity index (χ0) is 15.7. The van der Waals surface area contributed by atoms with Gasteiger partial charge in [-0.05, 0) is 56.9 Å². The van der Waals surface area contributed by atoms with E-state index in [-0.39, 0.29) is 17.0 Å². The summed E-state index contributed by atoms with van der Waals surface area (Å²) >= 11 is 0. The number of sulfonamides is 1. The molecule has 0 unspecified atom stereocenters. The van der Waals surface area contributed by atoms with Crippen LogP contribution in [0.15, 0.2) is 23.1 Å². The SMILES string of the molecule is COc1ccc(S(=O)(=O)N2CCCC2(C)C)c(CCO)c1. The Hall–Kier alpha value is -1.11. The summed E-state index contributed by atoms with van der Waals surface area (Å²) in [7, 11) is -2.02. The van der Waals surface area contributed by atoms with E-state index in [1.165, 1.54) is 7.11 Å². The molecule has 0 aromatic heterocycles. The van der Waals surface area contributed by atoms with Crippen molar-refractivity contribution in [1.29, 1.82) is 0 Å². The summed E-state index contributed by atoms with van der Waals surface area (Å²) in [6, 6.07) is 4.91. The highest BCUT2D eigenvalue weighted by molar-refractivity contribution is 7.89. The zero-order valence-corrected chi connectivity index (χ0v) is 13.6. The van der Waals surface area contributed by atoms with Crippen molar-refractivity contribution in [2.45, 2.75) is 43.5 Å². The number of ether oxygens (including phenoxy) is 1. The highest BCUT2D eigenvalue weighted by Gasteiger charge is 2.41. The second-order valence-corrected chi connectivity index (χ2v) is 7.77. The number of rotatable bonds is 5. The van der Waals surface area contributed by atoms with Crippen molar-refractivity contribution in [2.75, 3.05) is 20.3 Å². The molecule has 0 saturated carbocycles. The topological polar surface area (TPSA) is 66.8 Å². The van der Waals surface area contributed by atoms with E-state index >= 15 is 0 Å². The summed E-state index contributed by atoms with van der Waals surface area (Å²) in [5.74, 6) is 0.595. The van der Waals surface area contributed by atoms with E-state index in [9.17, 15) is 13.5 Å². The van der Waals surface area contributed by atoms with Gasteiger partial charge in [0.05, 0.1) is 12.0 Å². The van der Waals surface area contributed by atoms with Gasteiger partial charge in [-0.3, -0.25) is 0 Å². The number of hydrogen-bond acceptors (Lipinski definition) is 4. The average molecular weight is 313 g/mol. The fourth-order valence-corrected chi connectivity index (χ4v) is 4.98. The lowest BCUT2D eigenvalue weighted by Crippen LogP contribution is -2.42. The highest BCUT2D eigenvalue weighted by Crippen LogP contribution is 2.35. The molecule has 6 heteroatoms. The Kier molecular flexibility index (Phi) is 4.60. The fraction of sp³-hybridized carbons (Fsp3) is 0.600. The lowest BCUT2D eigenvalue weighted by atomic mass is 10.0. The molecule has 1 heterocycles. The molecule has 1 saturated heterocycles. The zero-order valence-electron chi connectivity index (χ0n) is 12.8. The largest absolute Gasteiger partial charge is 0.497 e. The van der Waals surface area contributed by atoms with Crippen LogP contribution >= 0.6 is 0 Å². The number of hydrogen-bond donors (Lipinski definition) is 1. The van der Waals surface area contributed by atoms with Crippen LogP contribution in [0.4, 0.5) is 0 Å². The summed E-state index contributed by atoms with van der Waals surface area (Å²) in [4.78, 5) is 0.271. The molecule has 0 bridgehead atoms. The van der Waals surface area contributed by atoms with Crippen molar-refractivity contribution in [3.8, 4) is 5.75 Å². The number of benzene rings is 1. The molecule has 2 rings (SSSR count). The molecule has 0 spiro atoms. The van der Waals surface area contributed by atoms with Crippen LogP contribution in [-0.2, 0) is 16.4 Å². The molecule has 1 N–H and O–H groups in total. The van der Waals surface area contributed by atoms with E-state index in [0.29, 0.717) is 24.3 Å². The molecule has 0 amide bonds. The van der Waals surface area contributed by atoms with Gasteiger partial charge >= 0.3 is 0 Å². The van der Waals surface area contributed by atoms with Crippen LogP contribution in [0.1, 0.15) is 32.3 Å². The number of methoxy groups -OCH3 is 1. The van der Waals surface area contributed by atoms with Crippen LogP contribution in [0.3, 0.4) is 0 Å². The van der Waals surface area contributed by atoms with Gasteiger partial charge < -0.3 is 9.84 Å². The van der Waals surface area contributed by atoms with Gasteiger partial charge in [-0.2, -0.15) is 4.31 Å². The van der Waals surface area contributed by atoms with Gasteiger partial charge in [0.1, 0.15) is 5.75 Å². The van der Waals surface area contributed by atoms with Gasteiger partial charge in [0.25, 0.3) is 0 Å². The second kappa shape index (κ2) is 5.94. The van der Waals surface area contributed by atoms with Crippen LogP contribution in [0.2, 0.25) is 0 Å². The standard InChI is InChI=1S/C15H23NO4S/c1-15(2)8-4-9-16(15)21(18,19)14-6-5-13(20-3)11-12(14)7-10-17/h5-6,11,17H,4,7-10H2,1-3H3. The third kappa shape index (κ3) is 3.07. The predicted molar refractivity (Wildman–Crippen MR) is 81.0 cm³/mol. The van der Waals surface area contributed by atoms with Crippen molar-refractivity contribution < 1.29 is 18.3 Å². The Balaban J connectivity index is 2.49. The lowest BCUT2D eigenvalue weighted by molar-refractivity contribution is 0.289. The Morgan fingerprint density at radius 1 is 1.38 bits per heavy atom. The van der Waals surface area contributed by atoms with Crippen LogP contribution < -0.4 is 4.74 Å². The number of nitrogens with zero attached hydrogens (tertiary/aromatic N) is 1. The summed E-state index contributed by atoms with van der Waals surface area (Å²) in [6.45, 7) is 4.35. The first kappa shape index (κ1) is 16.3. The van der Waals surface area contributed by atoms with Crippen LogP contribution in [0.25, 0.3) is 0 Å². The quantitative estimate of drug-likeness (QED) is 0.900. The van der Waals surface area contributed by atoms with Gasteiger partial charge in [-0.25, -0.2) is 8.42 Å². The molecule has 5 nitrogen and oxygen atoms in total. The van der Waals surface area contributed by atoms with Crippen LogP contribution in [-0.4, -0.2) is 43.6 Å². The summed E-state index contributed by atoms with van der Waals surface area (Å²) < 4.78 is 32.6. The van der Waals surface area contributed by atoms with E-state index in [4.69, 9.17) is 4.74 Å². The first-order valence-electron chi connectivity index (χ1n) is 7.13. The first-order chi connectivity index (χ1) is 9.82. The molecule has 0 radical (unpaired) electrons. The van der Waals surface area contributed by atoms with E-state index < -0.39 is 10.0 Å². The Labute approximate surface area is 126 Å². The smallest absolute Gasteiger partial charge is 0.243 e. The van der Waals surface area contributed by atoms with Crippen molar-refractivity contribution in [3.63, 3.8) is 0 Å². The van der Waals surface area contributed by atoms with Crippen LogP contribution in [0, 0.1) is 0 Å². The lowest BCUT2D eigenvalue weighted by Gasteiger charge is -2.31. The molecule has 1 aromatic carbocycles. The third-order valence-corrected chi connectivity index (χ3v) is 6.25. The average Bonchev–Trinajstić information content (AvgIpc) is 2.79.